The summed E-state index contributed by atoms with van der Waals surface area (Å²) >= 11 is 5.47. The molecule has 4 fully saturated rings. The molecule has 4 saturated carbocycles. The maximum absolute atomic E-state index is 12.0. The summed E-state index contributed by atoms with van der Waals surface area (Å²) in [4.78, 5) is 23.4. The van der Waals surface area contributed by atoms with Crippen LogP contribution in [0.1, 0.15) is 38.5 Å². The number of nitrogens with one attached hydrogen (secondary N) is 4. The van der Waals surface area contributed by atoms with Crippen molar-refractivity contribution in [1.29, 1.82) is 0 Å². The summed E-state index contributed by atoms with van der Waals surface area (Å²) in [6.45, 7) is 0.367. The molecule has 0 aliphatic heterocycles. The first-order valence-corrected chi connectivity index (χ1v) is 8.30. The van der Waals surface area contributed by atoms with Crippen LogP contribution in [0.5, 0.6) is 0 Å². The summed E-state index contributed by atoms with van der Waals surface area (Å²) in [5.41, 5.74) is 4.69. The Kier molecular flexibility index (Phi) is 4.15. The fraction of sp³-hybridized carbons (Fsp3) is 0.857. The third kappa shape index (κ3) is 3.36. The molecule has 21 heavy (non-hydrogen) atoms. The van der Waals surface area contributed by atoms with Gasteiger partial charge in [0.25, 0.3) is 0 Å². The standard InChI is InChI=1S/C14H23ClN4O2/c15-1-2-16-12(20)18-19-13(21)17-14-6-9-3-10(7-14)5-11(4-9)8-14/h9-11H,1-8H2,(H2,16,18,20)(H2,17,19,21). The van der Waals surface area contributed by atoms with E-state index in [1.165, 1.54) is 19.3 Å². The van der Waals surface area contributed by atoms with Crippen LogP contribution in [-0.2, 0) is 0 Å². The third-order valence-corrected chi connectivity index (χ3v) is 5.28. The largest absolute Gasteiger partial charge is 0.336 e. The highest BCUT2D eigenvalue weighted by atomic mass is 35.5. The molecule has 4 aliphatic carbocycles. The number of hydrazine groups is 1. The first kappa shape index (κ1) is 14.8. The van der Waals surface area contributed by atoms with Crippen molar-refractivity contribution >= 4 is 23.7 Å². The van der Waals surface area contributed by atoms with Crippen LogP contribution in [0.2, 0.25) is 0 Å². The molecule has 0 aromatic carbocycles. The molecule has 0 unspecified atom stereocenters. The molecule has 7 heteroatoms. The van der Waals surface area contributed by atoms with E-state index in [9.17, 15) is 9.59 Å². The molecule has 118 valence electrons. The van der Waals surface area contributed by atoms with Crippen LogP contribution in [0.15, 0.2) is 0 Å². The number of carbonyl (C=O) groups is 2. The van der Waals surface area contributed by atoms with Crippen molar-refractivity contribution in [3.8, 4) is 0 Å². The average Bonchev–Trinajstić information content (AvgIpc) is 2.40. The minimum Gasteiger partial charge on any atom is -0.336 e. The first-order chi connectivity index (χ1) is 10.1. The van der Waals surface area contributed by atoms with Gasteiger partial charge in [-0.15, -0.1) is 11.6 Å². The van der Waals surface area contributed by atoms with Crippen molar-refractivity contribution in [2.24, 2.45) is 17.8 Å². The van der Waals surface area contributed by atoms with Crippen LogP contribution in [0.3, 0.4) is 0 Å². The van der Waals surface area contributed by atoms with Crippen LogP contribution in [0.25, 0.3) is 0 Å². The maximum atomic E-state index is 12.0. The molecule has 4 rings (SSSR count). The summed E-state index contributed by atoms with van der Waals surface area (Å²) < 4.78 is 0. The highest BCUT2D eigenvalue weighted by Gasteiger charge is 2.51. The Morgan fingerprint density at radius 2 is 1.48 bits per heavy atom. The van der Waals surface area contributed by atoms with Crippen LogP contribution < -0.4 is 21.5 Å². The Balaban J connectivity index is 1.48. The fourth-order valence-corrected chi connectivity index (χ4v) is 4.95. The molecule has 0 aromatic rings. The lowest BCUT2D eigenvalue weighted by Gasteiger charge is -2.56. The highest BCUT2D eigenvalue weighted by molar-refractivity contribution is 6.18. The molecule has 0 spiro atoms. The van der Waals surface area contributed by atoms with E-state index in [1.807, 2.05) is 0 Å². The van der Waals surface area contributed by atoms with Gasteiger partial charge >= 0.3 is 12.1 Å². The predicted octanol–water partition coefficient (Wildman–Crippen LogP) is 1.71. The van der Waals surface area contributed by atoms with E-state index in [0.29, 0.717) is 12.4 Å². The molecule has 4 amide bonds. The van der Waals surface area contributed by atoms with Crippen LogP contribution >= 0.6 is 11.6 Å². The Morgan fingerprint density at radius 1 is 0.952 bits per heavy atom. The number of hydrogen-bond donors (Lipinski definition) is 4. The molecule has 6 nitrogen and oxygen atoms in total. The number of halogens is 1. The summed E-state index contributed by atoms with van der Waals surface area (Å²) in [5.74, 6) is 2.66. The third-order valence-electron chi connectivity index (χ3n) is 5.09. The van der Waals surface area contributed by atoms with Gasteiger partial charge in [0.15, 0.2) is 0 Å². The van der Waals surface area contributed by atoms with Gasteiger partial charge in [-0.05, 0) is 56.3 Å². The second-order valence-corrected chi connectivity index (χ2v) is 7.22. The second kappa shape index (κ2) is 5.91. The van der Waals surface area contributed by atoms with Gasteiger partial charge in [-0.3, -0.25) is 0 Å². The average molecular weight is 315 g/mol. The van der Waals surface area contributed by atoms with E-state index >= 15 is 0 Å². The summed E-state index contributed by atoms with van der Waals surface area (Å²) in [6, 6.07) is -0.769. The molecule has 4 aliphatic rings. The molecule has 0 aromatic heterocycles. The van der Waals surface area contributed by atoms with Crippen LogP contribution in [0, 0.1) is 17.8 Å². The summed E-state index contributed by atoms with van der Waals surface area (Å²) in [5, 5.41) is 5.64. The molecule has 4 N–H and O–H groups in total. The van der Waals surface area contributed by atoms with E-state index in [-0.39, 0.29) is 11.6 Å². The zero-order valence-corrected chi connectivity index (χ0v) is 12.8. The second-order valence-electron chi connectivity index (χ2n) is 6.85. The molecular weight excluding hydrogens is 292 g/mol. The summed E-state index contributed by atoms with van der Waals surface area (Å²) in [6.07, 6.45) is 7.27. The normalized spacial score (nSPS) is 36.1. The molecular formula is C14H23ClN4O2. The van der Waals surface area contributed by atoms with E-state index in [0.717, 1.165) is 37.0 Å². The van der Waals surface area contributed by atoms with E-state index in [2.05, 4.69) is 21.5 Å². The van der Waals surface area contributed by atoms with Crippen molar-refractivity contribution in [2.45, 2.75) is 44.1 Å². The lowest BCUT2D eigenvalue weighted by molar-refractivity contribution is -0.0136. The topological polar surface area (TPSA) is 82.3 Å². The number of rotatable bonds is 3. The van der Waals surface area contributed by atoms with Gasteiger partial charge in [0.1, 0.15) is 0 Å². The predicted molar refractivity (Wildman–Crippen MR) is 79.8 cm³/mol. The Bertz CT molecular complexity index is 394. The molecule has 0 heterocycles. The van der Waals surface area contributed by atoms with Gasteiger partial charge < -0.3 is 10.6 Å². The van der Waals surface area contributed by atoms with Gasteiger partial charge in [-0.25, -0.2) is 20.4 Å². The monoisotopic (exact) mass is 314 g/mol. The molecule has 0 radical (unpaired) electrons. The molecule has 0 atom stereocenters. The minimum atomic E-state index is -0.448. The number of hydrogen-bond acceptors (Lipinski definition) is 2. The lowest BCUT2D eigenvalue weighted by Crippen LogP contribution is -2.63. The van der Waals surface area contributed by atoms with E-state index in [1.54, 1.807) is 0 Å². The quantitative estimate of drug-likeness (QED) is 0.472. The zero-order valence-electron chi connectivity index (χ0n) is 12.1. The smallest absolute Gasteiger partial charge is 0.333 e. The Labute approximate surface area is 129 Å². The van der Waals surface area contributed by atoms with Crippen LogP contribution in [0.4, 0.5) is 9.59 Å². The first-order valence-electron chi connectivity index (χ1n) is 7.76. The number of alkyl halides is 1. The molecule has 4 bridgehead atoms. The molecule has 0 saturated heterocycles. The zero-order chi connectivity index (χ0) is 14.9. The van der Waals surface area contributed by atoms with Gasteiger partial charge in [-0.2, -0.15) is 0 Å². The number of carbonyl (C=O) groups excluding carboxylic acids is 2. The Hall–Kier alpha value is -1.17. The van der Waals surface area contributed by atoms with Crippen molar-refractivity contribution in [1.82, 2.24) is 21.5 Å². The van der Waals surface area contributed by atoms with Crippen molar-refractivity contribution in [3.63, 3.8) is 0 Å². The maximum Gasteiger partial charge on any atom is 0.333 e. The van der Waals surface area contributed by atoms with Gasteiger partial charge in [0, 0.05) is 18.0 Å². The van der Waals surface area contributed by atoms with E-state index in [4.69, 9.17) is 11.6 Å². The minimum absolute atomic E-state index is 0.0485. The van der Waals surface area contributed by atoms with Crippen molar-refractivity contribution in [3.05, 3.63) is 0 Å². The highest BCUT2D eigenvalue weighted by Crippen LogP contribution is 2.55. The SMILES string of the molecule is O=C(NCCCl)NNC(=O)NC12CC3CC(CC(C3)C1)C2. The number of amides is 4. The van der Waals surface area contributed by atoms with Crippen LogP contribution in [-0.4, -0.2) is 30.0 Å². The van der Waals surface area contributed by atoms with Crippen molar-refractivity contribution in [2.75, 3.05) is 12.4 Å². The summed E-state index contributed by atoms with van der Waals surface area (Å²) in [7, 11) is 0. The Morgan fingerprint density at radius 3 is 2.00 bits per heavy atom. The number of urea groups is 2. The van der Waals surface area contributed by atoms with Gasteiger partial charge in [-0.1, -0.05) is 0 Å². The van der Waals surface area contributed by atoms with E-state index < -0.39 is 6.03 Å². The fourth-order valence-electron chi connectivity index (χ4n) is 4.85. The van der Waals surface area contributed by atoms with Gasteiger partial charge in [0.05, 0.1) is 0 Å². The lowest BCUT2D eigenvalue weighted by atomic mass is 9.53. The van der Waals surface area contributed by atoms with Gasteiger partial charge in [0.2, 0.25) is 0 Å². The van der Waals surface area contributed by atoms with Crippen molar-refractivity contribution < 1.29 is 9.59 Å².